The van der Waals surface area contributed by atoms with Gasteiger partial charge < -0.3 is 14.5 Å². The Hall–Kier alpha value is -3.20. The Kier molecular flexibility index (Phi) is 5.85. The van der Waals surface area contributed by atoms with Gasteiger partial charge in [0.15, 0.2) is 6.10 Å². The van der Waals surface area contributed by atoms with Crippen molar-refractivity contribution in [3.8, 4) is 0 Å². The average molecular weight is 366 g/mol. The molecule has 2 heterocycles. The van der Waals surface area contributed by atoms with Crippen LogP contribution in [0.25, 0.3) is 6.08 Å². The molecular weight excluding hydrogens is 354 g/mol. The SMILES string of the molecule is C[C@H](OC(=O)/C=C/c1ccc([N+](=O)[O-])o1)C(=O)Nc1ccc(Cl)cn1. The maximum atomic E-state index is 11.9. The largest absolute Gasteiger partial charge is 0.449 e. The Bertz CT molecular complexity index is 815. The van der Waals surface area contributed by atoms with Crippen molar-refractivity contribution in [1.82, 2.24) is 4.98 Å². The summed E-state index contributed by atoms with van der Waals surface area (Å²) in [5.74, 6) is -1.48. The summed E-state index contributed by atoms with van der Waals surface area (Å²) in [6.07, 6.45) is 2.47. The Balaban J connectivity index is 1.87. The number of anilines is 1. The third-order valence-electron chi connectivity index (χ3n) is 2.82. The lowest BCUT2D eigenvalue weighted by Crippen LogP contribution is -2.29. The van der Waals surface area contributed by atoms with E-state index in [1.54, 1.807) is 6.07 Å². The minimum Gasteiger partial charge on any atom is -0.449 e. The maximum Gasteiger partial charge on any atom is 0.433 e. The van der Waals surface area contributed by atoms with Crippen molar-refractivity contribution in [3.63, 3.8) is 0 Å². The second-order valence-electron chi connectivity index (χ2n) is 4.70. The molecule has 0 aliphatic carbocycles. The van der Waals surface area contributed by atoms with Crippen LogP contribution in [-0.4, -0.2) is 27.9 Å². The number of carbonyl (C=O) groups excluding carboxylic acids is 2. The summed E-state index contributed by atoms with van der Waals surface area (Å²) in [6.45, 7) is 1.38. The molecule has 25 heavy (non-hydrogen) atoms. The van der Waals surface area contributed by atoms with Crippen LogP contribution in [0.15, 0.2) is 41.0 Å². The van der Waals surface area contributed by atoms with Crippen LogP contribution in [0.4, 0.5) is 11.7 Å². The van der Waals surface area contributed by atoms with Gasteiger partial charge in [-0.1, -0.05) is 11.6 Å². The number of carbonyl (C=O) groups is 2. The predicted molar refractivity (Wildman–Crippen MR) is 87.8 cm³/mol. The van der Waals surface area contributed by atoms with Crippen LogP contribution in [0.1, 0.15) is 12.7 Å². The van der Waals surface area contributed by atoms with Gasteiger partial charge in [0.1, 0.15) is 16.5 Å². The van der Waals surface area contributed by atoms with E-state index in [0.29, 0.717) is 5.02 Å². The molecule has 0 spiro atoms. The summed E-state index contributed by atoms with van der Waals surface area (Å²) in [5.41, 5.74) is 0. The average Bonchev–Trinajstić information content (AvgIpc) is 3.04. The molecule has 0 aliphatic heterocycles. The monoisotopic (exact) mass is 365 g/mol. The van der Waals surface area contributed by atoms with Crippen molar-refractivity contribution in [2.75, 3.05) is 5.32 Å². The van der Waals surface area contributed by atoms with E-state index in [1.807, 2.05) is 0 Å². The van der Waals surface area contributed by atoms with E-state index in [0.717, 1.165) is 12.1 Å². The van der Waals surface area contributed by atoms with Crippen molar-refractivity contribution in [2.24, 2.45) is 0 Å². The molecule has 130 valence electrons. The number of rotatable bonds is 6. The van der Waals surface area contributed by atoms with E-state index < -0.39 is 28.8 Å². The summed E-state index contributed by atoms with van der Waals surface area (Å²) in [7, 11) is 0. The molecule has 0 saturated heterocycles. The number of esters is 1. The smallest absolute Gasteiger partial charge is 0.433 e. The molecule has 1 atom stereocenters. The van der Waals surface area contributed by atoms with E-state index >= 15 is 0 Å². The van der Waals surface area contributed by atoms with Crippen molar-refractivity contribution in [2.45, 2.75) is 13.0 Å². The van der Waals surface area contributed by atoms with E-state index in [9.17, 15) is 19.7 Å². The summed E-state index contributed by atoms with van der Waals surface area (Å²) >= 11 is 5.69. The van der Waals surface area contributed by atoms with E-state index in [2.05, 4.69) is 10.3 Å². The zero-order valence-corrected chi connectivity index (χ0v) is 13.6. The summed E-state index contributed by atoms with van der Waals surface area (Å²) in [5, 5.41) is 13.4. The third kappa shape index (κ3) is 5.43. The first-order chi connectivity index (χ1) is 11.8. The van der Waals surface area contributed by atoms with Gasteiger partial charge in [-0.25, -0.2) is 9.78 Å². The molecule has 1 N–H and O–H groups in total. The van der Waals surface area contributed by atoms with Gasteiger partial charge in [0, 0.05) is 12.3 Å². The summed E-state index contributed by atoms with van der Waals surface area (Å²) < 4.78 is 9.76. The van der Waals surface area contributed by atoms with E-state index in [-0.39, 0.29) is 11.6 Å². The highest BCUT2D eigenvalue weighted by Crippen LogP contribution is 2.16. The molecule has 0 fully saturated rings. The molecule has 0 unspecified atom stereocenters. The zero-order valence-electron chi connectivity index (χ0n) is 12.8. The Morgan fingerprint density at radius 1 is 1.40 bits per heavy atom. The lowest BCUT2D eigenvalue weighted by molar-refractivity contribution is -0.402. The van der Waals surface area contributed by atoms with Gasteiger partial charge in [0.05, 0.1) is 11.1 Å². The second-order valence-corrected chi connectivity index (χ2v) is 5.13. The first-order valence-corrected chi connectivity index (χ1v) is 7.28. The van der Waals surface area contributed by atoms with E-state index in [4.69, 9.17) is 20.8 Å². The van der Waals surface area contributed by atoms with Crippen LogP contribution >= 0.6 is 11.6 Å². The lowest BCUT2D eigenvalue weighted by atomic mass is 10.3. The fourth-order valence-electron chi connectivity index (χ4n) is 1.62. The highest BCUT2D eigenvalue weighted by Gasteiger charge is 2.17. The van der Waals surface area contributed by atoms with Gasteiger partial charge >= 0.3 is 11.9 Å². The minimum atomic E-state index is -1.08. The Morgan fingerprint density at radius 2 is 2.16 bits per heavy atom. The number of furan rings is 1. The van der Waals surface area contributed by atoms with Crippen molar-refractivity contribution >= 4 is 41.3 Å². The van der Waals surface area contributed by atoms with Gasteiger partial charge in [-0.2, -0.15) is 0 Å². The molecule has 0 aromatic carbocycles. The highest BCUT2D eigenvalue weighted by atomic mass is 35.5. The van der Waals surface area contributed by atoms with Crippen molar-refractivity contribution in [1.29, 1.82) is 0 Å². The maximum absolute atomic E-state index is 11.9. The summed E-state index contributed by atoms with van der Waals surface area (Å²) in [6, 6.07) is 5.52. The van der Waals surface area contributed by atoms with Gasteiger partial charge in [0.25, 0.3) is 5.91 Å². The van der Waals surface area contributed by atoms with Crippen LogP contribution in [0.2, 0.25) is 5.02 Å². The summed E-state index contributed by atoms with van der Waals surface area (Å²) in [4.78, 5) is 37.2. The van der Waals surface area contributed by atoms with Crippen LogP contribution < -0.4 is 5.32 Å². The molecule has 1 amide bonds. The minimum absolute atomic E-state index is 0.103. The predicted octanol–water partition coefficient (Wildman–Crippen LogP) is 2.82. The van der Waals surface area contributed by atoms with Crippen LogP contribution in [-0.2, 0) is 14.3 Å². The molecule has 0 saturated carbocycles. The molecule has 2 aromatic rings. The number of aromatic nitrogens is 1. The van der Waals surface area contributed by atoms with Crippen LogP contribution in [0, 0.1) is 10.1 Å². The number of nitrogens with one attached hydrogen (secondary N) is 1. The van der Waals surface area contributed by atoms with Crippen LogP contribution in [0.5, 0.6) is 0 Å². The number of nitro groups is 1. The normalized spacial score (nSPS) is 11.9. The topological polar surface area (TPSA) is 125 Å². The fourth-order valence-corrected chi connectivity index (χ4v) is 1.74. The third-order valence-corrected chi connectivity index (χ3v) is 3.04. The number of hydrogen-bond donors (Lipinski definition) is 1. The number of halogens is 1. The number of nitrogens with zero attached hydrogens (tertiary/aromatic N) is 2. The standard InChI is InChI=1S/C15H12ClN3O6/c1-9(15(21)18-12-5-2-10(16)8-17-12)24-14(20)7-4-11-3-6-13(25-11)19(22)23/h2-9H,1H3,(H,17,18,21)/b7-4+/t9-/m0/s1. The molecule has 10 heteroatoms. The molecule has 0 aliphatic rings. The van der Waals surface area contributed by atoms with Crippen molar-refractivity contribution in [3.05, 3.63) is 57.4 Å². The number of pyridine rings is 1. The van der Waals surface area contributed by atoms with Gasteiger partial charge in [-0.3, -0.25) is 14.9 Å². The molecule has 2 aromatic heterocycles. The number of amides is 1. The number of hydrogen-bond acceptors (Lipinski definition) is 7. The quantitative estimate of drug-likeness (QED) is 0.361. The first kappa shape index (κ1) is 18.1. The first-order valence-electron chi connectivity index (χ1n) is 6.90. The molecule has 9 nitrogen and oxygen atoms in total. The number of ether oxygens (including phenoxy) is 1. The zero-order chi connectivity index (χ0) is 18.4. The van der Waals surface area contributed by atoms with Gasteiger partial charge in [-0.15, -0.1) is 0 Å². The lowest BCUT2D eigenvalue weighted by Gasteiger charge is -2.11. The van der Waals surface area contributed by atoms with Crippen molar-refractivity contribution < 1.29 is 23.7 Å². The Labute approximate surface area is 146 Å². The molecule has 2 rings (SSSR count). The second kappa shape index (κ2) is 8.06. The molecular formula is C15H12ClN3O6. The van der Waals surface area contributed by atoms with Crippen LogP contribution in [0.3, 0.4) is 0 Å². The van der Waals surface area contributed by atoms with Gasteiger partial charge in [-0.05, 0) is 31.2 Å². The Morgan fingerprint density at radius 3 is 2.76 bits per heavy atom. The molecule has 0 radical (unpaired) electrons. The van der Waals surface area contributed by atoms with Gasteiger partial charge in [0.2, 0.25) is 0 Å². The molecule has 0 bridgehead atoms. The van der Waals surface area contributed by atoms with E-state index in [1.165, 1.54) is 31.3 Å². The highest BCUT2D eigenvalue weighted by molar-refractivity contribution is 6.30. The fraction of sp³-hybridized carbons (Fsp3) is 0.133.